The maximum Gasteiger partial charge on any atom is 0.251 e. The van der Waals surface area contributed by atoms with Crippen molar-refractivity contribution in [3.8, 4) is 5.75 Å². The van der Waals surface area contributed by atoms with Crippen LogP contribution in [0.1, 0.15) is 49.4 Å². The average Bonchev–Trinajstić information content (AvgIpc) is 2.54. The van der Waals surface area contributed by atoms with Crippen LogP contribution in [-0.4, -0.2) is 31.6 Å². The van der Waals surface area contributed by atoms with Crippen molar-refractivity contribution in [1.82, 2.24) is 10.6 Å². The van der Waals surface area contributed by atoms with Gasteiger partial charge < -0.3 is 15.4 Å². The Hall–Kier alpha value is -1.55. The molecule has 4 heteroatoms. The van der Waals surface area contributed by atoms with Crippen molar-refractivity contribution in [2.75, 3.05) is 13.7 Å². The SMILES string of the molecule is CCCNC1CCC(NC(=O)c2ccc(OC)cc2)CC1. The van der Waals surface area contributed by atoms with Crippen molar-refractivity contribution in [1.29, 1.82) is 0 Å². The van der Waals surface area contributed by atoms with Crippen molar-refractivity contribution >= 4 is 5.91 Å². The molecule has 1 aliphatic rings. The summed E-state index contributed by atoms with van der Waals surface area (Å²) in [6, 6.07) is 8.19. The van der Waals surface area contributed by atoms with E-state index < -0.39 is 0 Å². The summed E-state index contributed by atoms with van der Waals surface area (Å²) in [5, 5.41) is 6.70. The molecule has 0 heterocycles. The van der Waals surface area contributed by atoms with Gasteiger partial charge in [-0.25, -0.2) is 0 Å². The van der Waals surface area contributed by atoms with E-state index in [0.29, 0.717) is 17.6 Å². The minimum absolute atomic E-state index is 0.0163. The van der Waals surface area contributed by atoms with Crippen LogP contribution in [0, 0.1) is 0 Å². The maximum absolute atomic E-state index is 12.2. The molecule has 2 rings (SSSR count). The highest BCUT2D eigenvalue weighted by molar-refractivity contribution is 5.94. The van der Waals surface area contributed by atoms with Gasteiger partial charge in [0, 0.05) is 17.6 Å². The molecule has 4 nitrogen and oxygen atoms in total. The maximum atomic E-state index is 12.2. The molecule has 1 fully saturated rings. The van der Waals surface area contributed by atoms with Crippen molar-refractivity contribution in [3.63, 3.8) is 0 Å². The van der Waals surface area contributed by atoms with Gasteiger partial charge >= 0.3 is 0 Å². The third-order valence-electron chi connectivity index (χ3n) is 4.10. The van der Waals surface area contributed by atoms with E-state index in [1.54, 1.807) is 7.11 Å². The Morgan fingerprint density at radius 2 is 1.76 bits per heavy atom. The Kier molecular flexibility index (Phi) is 6.05. The molecule has 0 spiro atoms. The second-order valence-corrected chi connectivity index (χ2v) is 5.70. The lowest BCUT2D eigenvalue weighted by molar-refractivity contribution is 0.0924. The zero-order valence-electron chi connectivity index (χ0n) is 13.0. The highest BCUT2D eigenvalue weighted by Crippen LogP contribution is 2.19. The van der Waals surface area contributed by atoms with Gasteiger partial charge in [0.05, 0.1) is 7.11 Å². The minimum atomic E-state index is 0.0163. The van der Waals surface area contributed by atoms with E-state index in [4.69, 9.17) is 4.74 Å². The third-order valence-corrected chi connectivity index (χ3v) is 4.10. The van der Waals surface area contributed by atoms with Crippen LogP contribution in [-0.2, 0) is 0 Å². The third kappa shape index (κ3) is 4.74. The van der Waals surface area contributed by atoms with Gasteiger partial charge in [-0.2, -0.15) is 0 Å². The van der Waals surface area contributed by atoms with Crippen LogP contribution >= 0.6 is 0 Å². The van der Waals surface area contributed by atoms with Gasteiger partial charge in [0.15, 0.2) is 0 Å². The predicted octanol–water partition coefficient (Wildman–Crippen LogP) is 2.74. The smallest absolute Gasteiger partial charge is 0.251 e. The normalized spacial score (nSPS) is 21.8. The van der Waals surface area contributed by atoms with Crippen molar-refractivity contribution in [2.24, 2.45) is 0 Å². The molecule has 0 radical (unpaired) electrons. The van der Waals surface area contributed by atoms with Crippen molar-refractivity contribution in [3.05, 3.63) is 29.8 Å². The number of rotatable bonds is 6. The molecular formula is C17H26N2O2. The quantitative estimate of drug-likeness (QED) is 0.847. The number of nitrogens with one attached hydrogen (secondary N) is 2. The molecule has 1 saturated carbocycles. The van der Waals surface area contributed by atoms with E-state index >= 15 is 0 Å². The Balaban J connectivity index is 1.78. The summed E-state index contributed by atoms with van der Waals surface area (Å²) in [5.41, 5.74) is 0.696. The fourth-order valence-corrected chi connectivity index (χ4v) is 2.80. The van der Waals surface area contributed by atoms with E-state index in [-0.39, 0.29) is 5.91 Å². The molecule has 2 N–H and O–H groups in total. The number of hydrogen-bond acceptors (Lipinski definition) is 3. The molecule has 0 aliphatic heterocycles. The Labute approximate surface area is 127 Å². The summed E-state index contributed by atoms with van der Waals surface area (Å²) >= 11 is 0. The molecule has 0 atom stereocenters. The summed E-state index contributed by atoms with van der Waals surface area (Å²) in [7, 11) is 1.63. The van der Waals surface area contributed by atoms with Crippen LogP contribution in [0.25, 0.3) is 0 Å². The minimum Gasteiger partial charge on any atom is -0.497 e. The largest absolute Gasteiger partial charge is 0.497 e. The molecule has 0 bridgehead atoms. The van der Waals surface area contributed by atoms with Gasteiger partial charge in [0.25, 0.3) is 5.91 Å². The first-order valence-corrected chi connectivity index (χ1v) is 7.91. The molecule has 1 aliphatic carbocycles. The van der Waals surface area contributed by atoms with Crippen LogP contribution in [0.5, 0.6) is 5.75 Å². The molecule has 116 valence electrons. The van der Waals surface area contributed by atoms with E-state index in [1.165, 1.54) is 6.42 Å². The number of amides is 1. The Morgan fingerprint density at radius 1 is 1.14 bits per heavy atom. The number of methoxy groups -OCH3 is 1. The second kappa shape index (κ2) is 8.03. The van der Waals surface area contributed by atoms with Crippen LogP contribution in [0.4, 0.5) is 0 Å². The van der Waals surface area contributed by atoms with Crippen LogP contribution in [0.15, 0.2) is 24.3 Å². The highest BCUT2D eigenvalue weighted by atomic mass is 16.5. The van der Waals surface area contributed by atoms with Gasteiger partial charge in [-0.1, -0.05) is 6.92 Å². The second-order valence-electron chi connectivity index (χ2n) is 5.70. The van der Waals surface area contributed by atoms with E-state index in [1.807, 2.05) is 24.3 Å². The zero-order valence-corrected chi connectivity index (χ0v) is 13.0. The number of hydrogen-bond donors (Lipinski definition) is 2. The summed E-state index contributed by atoms with van der Waals surface area (Å²) in [5.74, 6) is 0.789. The Bertz CT molecular complexity index is 437. The molecule has 0 saturated heterocycles. The van der Waals surface area contributed by atoms with Gasteiger partial charge in [-0.3, -0.25) is 4.79 Å². The van der Waals surface area contributed by atoms with Crippen molar-refractivity contribution in [2.45, 2.75) is 51.1 Å². The first-order chi connectivity index (χ1) is 10.2. The monoisotopic (exact) mass is 290 g/mol. The molecule has 1 aromatic carbocycles. The lowest BCUT2D eigenvalue weighted by Crippen LogP contribution is -2.42. The van der Waals surface area contributed by atoms with Crippen LogP contribution in [0.3, 0.4) is 0 Å². The number of carbonyl (C=O) groups excluding carboxylic acids is 1. The number of carbonyl (C=O) groups is 1. The zero-order chi connectivity index (χ0) is 15.1. The Morgan fingerprint density at radius 3 is 2.33 bits per heavy atom. The first kappa shape index (κ1) is 15.8. The summed E-state index contributed by atoms with van der Waals surface area (Å²) < 4.78 is 5.10. The fraction of sp³-hybridized carbons (Fsp3) is 0.588. The molecule has 0 unspecified atom stereocenters. The van der Waals surface area contributed by atoms with Crippen molar-refractivity contribution < 1.29 is 9.53 Å². The summed E-state index contributed by atoms with van der Waals surface area (Å²) in [6.45, 7) is 3.28. The number of benzene rings is 1. The topological polar surface area (TPSA) is 50.4 Å². The first-order valence-electron chi connectivity index (χ1n) is 7.91. The van der Waals surface area contributed by atoms with E-state index in [2.05, 4.69) is 17.6 Å². The average molecular weight is 290 g/mol. The molecule has 1 amide bonds. The standard InChI is InChI=1S/C17H26N2O2/c1-3-12-18-14-6-8-15(9-7-14)19-17(20)13-4-10-16(21-2)11-5-13/h4-5,10-11,14-15,18H,3,6-9,12H2,1-2H3,(H,19,20). The lowest BCUT2D eigenvalue weighted by Gasteiger charge is -2.29. The van der Waals surface area contributed by atoms with Crippen LogP contribution in [0.2, 0.25) is 0 Å². The molecule has 21 heavy (non-hydrogen) atoms. The van der Waals surface area contributed by atoms with E-state index in [0.717, 1.165) is 38.0 Å². The summed E-state index contributed by atoms with van der Waals surface area (Å²) in [4.78, 5) is 12.2. The lowest BCUT2D eigenvalue weighted by atomic mass is 9.91. The predicted molar refractivity (Wildman–Crippen MR) is 84.8 cm³/mol. The summed E-state index contributed by atoms with van der Waals surface area (Å²) in [6.07, 6.45) is 5.59. The fourth-order valence-electron chi connectivity index (χ4n) is 2.80. The van der Waals surface area contributed by atoms with Crippen LogP contribution < -0.4 is 15.4 Å². The highest BCUT2D eigenvalue weighted by Gasteiger charge is 2.22. The van der Waals surface area contributed by atoms with Gasteiger partial charge in [-0.05, 0) is 62.9 Å². The number of ether oxygens (including phenoxy) is 1. The molecule has 0 aromatic heterocycles. The molecule has 1 aromatic rings. The van der Waals surface area contributed by atoms with Gasteiger partial charge in [0.2, 0.25) is 0 Å². The van der Waals surface area contributed by atoms with Gasteiger partial charge in [0.1, 0.15) is 5.75 Å². The van der Waals surface area contributed by atoms with E-state index in [9.17, 15) is 4.79 Å². The van der Waals surface area contributed by atoms with Gasteiger partial charge in [-0.15, -0.1) is 0 Å². The molecular weight excluding hydrogens is 264 g/mol.